The monoisotopic (exact) mass is 225 g/mol. The smallest absolute Gasteiger partial charge is 0.262 e. The van der Waals surface area contributed by atoms with Crippen LogP contribution >= 0.6 is 0 Å². The van der Waals surface area contributed by atoms with Crippen LogP contribution in [0.4, 0.5) is 5.69 Å². The first-order valence-electron chi connectivity index (χ1n) is 4.81. The summed E-state index contributed by atoms with van der Waals surface area (Å²) in [6.07, 6.45) is 1.45. The van der Waals surface area contributed by atoms with Crippen molar-refractivity contribution < 1.29 is 9.53 Å². The number of anilines is 1. The zero-order valence-electron chi connectivity index (χ0n) is 8.73. The third kappa shape index (κ3) is 2.24. The van der Waals surface area contributed by atoms with Crippen LogP contribution in [0.5, 0.6) is 5.75 Å². The summed E-state index contributed by atoms with van der Waals surface area (Å²) in [5, 5.41) is 19.9. The molecule has 0 saturated carbocycles. The van der Waals surface area contributed by atoms with E-state index in [2.05, 4.69) is 5.32 Å². The third-order valence-corrected chi connectivity index (χ3v) is 2.19. The van der Waals surface area contributed by atoms with Crippen molar-refractivity contribution in [2.45, 2.75) is 0 Å². The van der Waals surface area contributed by atoms with Crippen molar-refractivity contribution >= 4 is 17.7 Å². The normalized spacial score (nSPS) is 12.2. The molecule has 17 heavy (non-hydrogen) atoms. The van der Waals surface area contributed by atoms with E-state index in [-0.39, 0.29) is 18.1 Å². The highest BCUT2D eigenvalue weighted by molar-refractivity contribution is 5.95. The maximum Gasteiger partial charge on any atom is 0.262 e. The second kappa shape index (κ2) is 4.38. The number of fused-ring (bicyclic) bond motifs is 1. The van der Waals surface area contributed by atoms with Gasteiger partial charge in [-0.1, -0.05) is 6.07 Å². The first kappa shape index (κ1) is 10.7. The number of allylic oxidation sites excluding steroid dienone is 1. The van der Waals surface area contributed by atoms with E-state index in [1.165, 1.54) is 6.08 Å². The van der Waals surface area contributed by atoms with Crippen molar-refractivity contribution in [3.63, 3.8) is 0 Å². The Hall–Kier alpha value is -2.79. The molecule has 0 aromatic heterocycles. The van der Waals surface area contributed by atoms with E-state index in [4.69, 9.17) is 15.3 Å². The minimum absolute atomic E-state index is 0.00380. The third-order valence-electron chi connectivity index (χ3n) is 2.19. The number of nitriles is 2. The van der Waals surface area contributed by atoms with Gasteiger partial charge in [0, 0.05) is 0 Å². The Labute approximate surface area is 97.5 Å². The Bertz CT molecular complexity index is 575. The molecule has 0 atom stereocenters. The van der Waals surface area contributed by atoms with Gasteiger partial charge in [-0.25, -0.2) is 0 Å². The van der Waals surface area contributed by atoms with Crippen LogP contribution in [0.1, 0.15) is 5.56 Å². The molecule has 1 N–H and O–H groups in total. The molecule has 1 aromatic rings. The predicted molar refractivity (Wildman–Crippen MR) is 59.8 cm³/mol. The Morgan fingerprint density at radius 1 is 1.41 bits per heavy atom. The number of carbonyl (C=O) groups is 1. The number of carbonyl (C=O) groups excluding carboxylic acids is 1. The van der Waals surface area contributed by atoms with Gasteiger partial charge in [0.05, 0.1) is 5.69 Å². The Kier molecular flexibility index (Phi) is 2.76. The number of nitrogens with one attached hydrogen (secondary N) is 1. The molecule has 1 heterocycles. The highest BCUT2D eigenvalue weighted by Crippen LogP contribution is 2.29. The summed E-state index contributed by atoms with van der Waals surface area (Å²) in [6.45, 7) is 0.00380. The van der Waals surface area contributed by atoms with Gasteiger partial charge in [-0.15, -0.1) is 0 Å². The molecule has 0 radical (unpaired) electrons. The fourth-order valence-electron chi connectivity index (χ4n) is 1.45. The molecule has 5 heteroatoms. The molecule has 0 aliphatic carbocycles. The summed E-state index contributed by atoms with van der Waals surface area (Å²) in [4.78, 5) is 11.1. The van der Waals surface area contributed by atoms with Crippen LogP contribution in [-0.4, -0.2) is 12.5 Å². The predicted octanol–water partition coefficient (Wildman–Crippen LogP) is 1.45. The van der Waals surface area contributed by atoms with Crippen LogP contribution in [0.3, 0.4) is 0 Å². The van der Waals surface area contributed by atoms with Crippen LogP contribution in [0.15, 0.2) is 23.8 Å². The number of hydrogen-bond acceptors (Lipinski definition) is 4. The molecule has 1 aliphatic heterocycles. The van der Waals surface area contributed by atoms with E-state index >= 15 is 0 Å². The largest absolute Gasteiger partial charge is 0.482 e. The summed E-state index contributed by atoms with van der Waals surface area (Å²) >= 11 is 0. The van der Waals surface area contributed by atoms with Crippen LogP contribution < -0.4 is 10.1 Å². The highest BCUT2D eigenvalue weighted by atomic mass is 16.5. The Morgan fingerprint density at radius 2 is 2.18 bits per heavy atom. The Balaban J connectivity index is 2.38. The highest BCUT2D eigenvalue weighted by Gasteiger charge is 2.15. The summed E-state index contributed by atoms with van der Waals surface area (Å²) in [5.41, 5.74) is 1.21. The molecule has 82 valence electrons. The molecule has 0 bridgehead atoms. The topological polar surface area (TPSA) is 85.9 Å². The van der Waals surface area contributed by atoms with Gasteiger partial charge < -0.3 is 10.1 Å². The van der Waals surface area contributed by atoms with Crippen LogP contribution in [0, 0.1) is 22.7 Å². The summed E-state index contributed by atoms with van der Waals surface area (Å²) < 4.78 is 5.19. The standard InChI is InChI=1S/C12H7N3O2/c13-5-9(6-14)3-8-1-2-11-10(4-8)15-12(16)7-17-11/h1-4H,7H2,(H,15,16). The molecule has 5 nitrogen and oxygen atoms in total. The van der Waals surface area contributed by atoms with Crippen LogP contribution in [-0.2, 0) is 4.79 Å². The lowest BCUT2D eigenvalue weighted by molar-refractivity contribution is -0.118. The zero-order chi connectivity index (χ0) is 12.3. The lowest BCUT2D eigenvalue weighted by atomic mass is 10.1. The summed E-state index contributed by atoms with van der Waals surface area (Å²) in [6, 6.07) is 8.60. The summed E-state index contributed by atoms with van der Waals surface area (Å²) in [5.74, 6) is 0.358. The maximum absolute atomic E-state index is 11.1. The van der Waals surface area contributed by atoms with Crippen molar-refractivity contribution in [3.8, 4) is 17.9 Å². The molecule has 0 saturated heterocycles. The van der Waals surface area contributed by atoms with E-state index < -0.39 is 0 Å². The quantitative estimate of drug-likeness (QED) is 0.733. The second-order valence-corrected chi connectivity index (χ2v) is 3.37. The minimum atomic E-state index is -0.223. The van der Waals surface area contributed by atoms with Crippen LogP contribution in [0.25, 0.3) is 6.08 Å². The zero-order valence-corrected chi connectivity index (χ0v) is 8.73. The van der Waals surface area contributed by atoms with Gasteiger partial charge >= 0.3 is 0 Å². The Morgan fingerprint density at radius 3 is 2.88 bits per heavy atom. The lowest BCUT2D eigenvalue weighted by Crippen LogP contribution is -2.25. The number of amides is 1. The van der Waals surface area contributed by atoms with Gasteiger partial charge in [-0.05, 0) is 23.8 Å². The average Bonchev–Trinajstić information content (AvgIpc) is 2.35. The van der Waals surface area contributed by atoms with E-state index in [9.17, 15) is 4.79 Å². The molecule has 0 unspecified atom stereocenters. The molecule has 0 spiro atoms. The second-order valence-electron chi connectivity index (χ2n) is 3.37. The van der Waals surface area contributed by atoms with Gasteiger partial charge in [0.1, 0.15) is 23.5 Å². The fourth-order valence-corrected chi connectivity index (χ4v) is 1.45. The average molecular weight is 225 g/mol. The minimum Gasteiger partial charge on any atom is -0.482 e. The number of ether oxygens (including phenoxy) is 1. The first-order chi connectivity index (χ1) is 8.22. The van der Waals surface area contributed by atoms with E-state index in [1.807, 2.05) is 0 Å². The first-order valence-corrected chi connectivity index (χ1v) is 4.81. The van der Waals surface area contributed by atoms with E-state index in [0.29, 0.717) is 17.0 Å². The number of benzene rings is 1. The number of nitrogens with zero attached hydrogens (tertiary/aromatic N) is 2. The van der Waals surface area contributed by atoms with Gasteiger partial charge in [0.15, 0.2) is 6.61 Å². The summed E-state index contributed by atoms with van der Waals surface area (Å²) in [7, 11) is 0. The molecule has 1 aromatic carbocycles. The van der Waals surface area contributed by atoms with Crippen LogP contribution in [0.2, 0.25) is 0 Å². The molecular formula is C12H7N3O2. The van der Waals surface area contributed by atoms with Gasteiger partial charge in [-0.3, -0.25) is 4.79 Å². The SMILES string of the molecule is N#CC(C#N)=Cc1ccc2c(c1)NC(=O)CO2. The van der Waals surface area contributed by atoms with Gasteiger partial charge in [-0.2, -0.15) is 10.5 Å². The van der Waals surface area contributed by atoms with Crippen molar-refractivity contribution in [1.82, 2.24) is 0 Å². The molecule has 0 fully saturated rings. The molecule has 1 aliphatic rings. The van der Waals surface area contributed by atoms with Crippen molar-refractivity contribution in [2.75, 3.05) is 11.9 Å². The molecular weight excluding hydrogens is 218 g/mol. The van der Waals surface area contributed by atoms with E-state index in [1.54, 1.807) is 30.3 Å². The number of rotatable bonds is 1. The number of hydrogen-bond donors (Lipinski definition) is 1. The lowest BCUT2D eigenvalue weighted by Gasteiger charge is -2.17. The van der Waals surface area contributed by atoms with E-state index in [0.717, 1.165) is 0 Å². The van der Waals surface area contributed by atoms with Crippen molar-refractivity contribution in [1.29, 1.82) is 10.5 Å². The molecule has 1 amide bonds. The van der Waals surface area contributed by atoms with Gasteiger partial charge in [0.2, 0.25) is 0 Å². The molecule has 2 rings (SSSR count). The maximum atomic E-state index is 11.1. The fraction of sp³-hybridized carbons (Fsp3) is 0.0833. The van der Waals surface area contributed by atoms with Gasteiger partial charge in [0.25, 0.3) is 5.91 Å². The van der Waals surface area contributed by atoms with Crippen molar-refractivity contribution in [2.24, 2.45) is 0 Å². The van der Waals surface area contributed by atoms with Crippen molar-refractivity contribution in [3.05, 3.63) is 29.3 Å².